The number of fused-ring (bicyclic) bond motifs is 3. The molecule has 1 aromatic carbocycles. The molecule has 2 aromatic heterocycles. The predicted molar refractivity (Wildman–Crippen MR) is 104 cm³/mol. The maximum atomic E-state index is 13.1. The van der Waals surface area contributed by atoms with Crippen LogP contribution in [-0.2, 0) is 6.54 Å². The van der Waals surface area contributed by atoms with E-state index >= 15 is 0 Å². The van der Waals surface area contributed by atoms with Gasteiger partial charge >= 0.3 is 0 Å². The zero-order valence-corrected chi connectivity index (χ0v) is 15.5. The first-order chi connectivity index (χ1) is 13.7. The summed E-state index contributed by atoms with van der Waals surface area (Å²) < 4.78 is 1.53. The standard InChI is InChI=1S/C22H21N5O/c23-10-17-12-25-27-14-18(11-24-22(17)27)21(28)16-8-19-6-7-20(9-16)26(19)13-15-4-2-1-3-5-15/h1-5,11-12,14,16,19-20H,6-9,13H2. The minimum Gasteiger partial charge on any atom is -0.294 e. The van der Waals surface area contributed by atoms with Crippen LogP contribution in [0.25, 0.3) is 5.65 Å². The Hall–Kier alpha value is -3.04. The average molecular weight is 371 g/mol. The van der Waals surface area contributed by atoms with Crippen LogP contribution >= 0.6 is 0 Å². The van der Waals surface area contributed by atoms with Crippen LogP contribution in [0.15, 0.2) is 48.9 Å². The van der Waals surface area contributed by atoms with Crippen molar-refractivity contribution in [2.24, 2.45) is 5.92 Å². The normalized spacial score (nSPS) is 24.3. The summed E-state index contributed by atoms with van der Waals surface area (Å²) in [6.45, 7) is 0.967. The van der Waals surface area contributed by atoms with Crippen LogP contribution < -0.4 is 0 Å². The third-order valence-electron chi connectivity index (χ3n) is 6.22. The summed E-state index contributed by atoms with van der Waals surface area (Å²) in [7, 11) is 0. The Morgan fingerprint density at radius 2 is 1.89 bits per heavy atom. The lowest BCUT2D eigenvalue weighted by atomic mass is 9.85. The number of nitriles is 1. The molecule has 140 valence electrons. The van der Waals surface area contributed by atoms with E-state index in [0.29, 0.717) is 28.9 Å². The van der Waals surface area contributed by atoms with E-state index < -0.39 is 0 Å². The molecule has 6 nitrogen and oxygen atoms in total. The first-order valence-electron chi connectivity index (χ1n) is 9.80. The average Bonchev–Trinajstić information content (AvgIpc) is 3.24. The summed E-state index contributed by atoms with van der Waals surface area (Å²) in [5, 5.41) is 13.2. The zero-order valence-electron chi connectivity index (χ0n) is 15.5. The van der Waals surface area contributed by atoms with Gasteiger partial charge in [0.1, 0.15) is 11.6 Å². The van der Waals surface area contributed by atoms with Crippen molar-refractivity contribution in [1.82, 2.24) is 19.5 Å². The number of Topliss-reactive ketones (excluding diaryl/α,β-unsaturated/α-hetero) is 1. The van der Waals surface area contributed by atoms with Crippen molar-refractivity contribution in [3.63, 3.8) is 0 Å². The molecule has 0 aliphatic carbocycles. The lowest BCUT2D eigenvalue weighted by molar-refractivity contribution is 0.0677. The maximum absolute atomic E-state index is 13.1. The Kier molecular flexibility index (Phi) is 4.18. The molecule has 2 unspecified atom stereocenters. The Morgan fingerprint density at radius 1 is 1.14 bits per heavy atom. The predicted octanol–water partition coefficient (Wildman–Crippen LogP) is 3.23. The number of benzene rings is 1. The quantitative estimate of drug-likeness (QED) is 0.658. The molecule has 6 heteroatoms. The van der Waals surface area contributed by atoms with E-state index in [0.717, 1.165) is 19.4 Å². The minimum absolute atomic E-state index is 0.0368. The fourth-order valence-corrected chi connectivity index (χ4v) is 4.86. The van der Waals surface area contributed by atoms with Gasteiger partial charge in [-0.05, 0) is 31.2 Å². The van der Waals surface area contributed by atoms with Crippen LogP contribution in [0.3, 0.4) is 0 Å². The minimum atomic E-state index is 0.0368. The second-order valence-electron chi connectivity index (χ2n) is 7.86. The van der Waals surface area contributed by atoms with Crippen molar-refractivity contribution in [3.8, 4) is 6.07 Å². The summed E-state index contributed by atoms with van der Waals surface area (Å²) in [4.78, 5) is 20.0. The first-order valence-corrected chi connectivity index (χ1v) is 9.80. The molecule has 2 bridgehead atoms. The van der Waals surface area contributed by atoms with E-state index in [4.69, 9.17) is 5.26 Å². The number of carbonyl (C=O) groups is 1. The van der Waals surface area contributed by atoms with E-state index in [1.165, 1.54) is 29.1 Å². The Bertz CT molecular complexity index is 1050. The molecular formula is C22H21N5O. The van der Waals surface area contributed by atoms with Crippen molar-refractivity contribution in [2.45, 2.75) is 44.3 Å². The topological polar surface area (TPSA) is 74.3 Å². The van der Waals surface area contributed by atoms with Gasteiger partial charge in [-0.15, -0.1) is 0 Å². The van der Waals surface area contributed by atoms with E-state index in [9.17, 15) is 4.79 Å². The lowest BCUT2D eigenvalue weighted by Gasteiger charge is -2.38. The van der Waals surface area contributed by atoms with E-state index in [2.05, 4.69) is 45.3 Å². The Morgan fingerprint density at radius 3 is 2.61 bits per heavy atom. The first kappa shape index (κ1) is 17.1. The Labute approximate surface area is 163 Å². The highest BCUT2D eigenvalue weighted by molar-refractivity contribution is 5.97. The van der Waals surface area contributed by atoms with Gasteiger partial charge in [0.25, 0.3) is 0 Å². The molecule has 0 saturated carbocycles. The number of piperidine rings is 1. The summed E-state index contributed by atoms with van der Waals surface area (Å²) in [6.07, 6.45) is 8.94. The fourth-order valence-electron chi connectivity index (χ4n) is 4.86. The van der Waals surface area contributed by atoms with Gasteiger partial charge in [-0.1, -0.05) is 30.3 Å². The van der Waals surface area contributed by atoms with Gasteiger partial charge in [0, 0.05) is 36.9 Å². The van der Waals surface area contributed by atoms with Gasteiger partial charge in [0.05, 0.1) is 11.8 Å². The number of ketones is 1. The van der Waals surface area contributed by atoms with Gasteiger partial charge in [-0.25, -0.2) is 9.50 Å². The van der Waals surface area contributed by atoms with E-state index in [-0.39, 0.29) is 11.7 Å². The molecule has 2 aliphatic heterocycles. The van der Waals surface area contributed by atoms with Crippen LogP contribution in [-0.4, -0.2) is 37.4 Å². The number of carbonyl (C=O) groups excluding carboxylic acids is 1. The number of aromatic nitrogens is 3. The highest BCUT2D eigenvalue weighted by Gasteiger charge is 2.42. The highest BCUT2D eigenvalue weighted by atomic mass is 16.1. The van der Waals surface area contributed by atoms with Crippen molar-refractivity contribution >= 4 is 11.4 Å². The molecule has 2 fully saturated rings. The molecule has 2 atom stereocenters. The van der Waals surface area contributed by atoms with E-state index in [1.807, 2.05) is 6.07 Å². The molecule has 4 heterocycles. The summed E-state index contributed by atoms with van der Waals surface area (Å²) in [5.41, 5.74) is 2.84. The molecule has 2 saturated heterocycles. The van der Waals surface area contributed by atoms with Crippen LogP contribution in [0, 0.1) is 17.2 Å². The molecule has 28 heavy (non-hydrogen) atoms. The summed E-state index contributed by atoms with van der Waals surface area (Å²) in [5.74, 6) is 0.189. The van der Waals surface area contributed by atoms with Gasteiger partial charge in [0.15, 0.2) is 11.4 Å². The van der Waals surface area contributed by atoms with Crippen LogP contribution in [0.5, 0.6) is 0 Å². The molecule has 3 aromatic rings. The molecular weight excluding hydrogens is 350 g/mol. The number of nitrogens with zero attached hydrogens (tertiary/aromatic N) is 5. The summed E-state index contributed by atoms with van der Waals surface area (Å²) >= 11 is 0. The van der Waals surface area contributed by atoms with Gasteiger partial charge in [-0.2, -0.15) is 10.4 Å². The molecule has 0 radical (unpaired) electrons. The smallest absolute Gasteiger partial charge is 0.172 e. The third kappa shape index (κ3) is 2.88. The molecule has 5 rings (SSSR count). The van der Waals surface area contributed by atoms with Crippen LogP contribution in [0.4, 0.5) is 0 Å². The second kappa shape index (κ2) is 6.84. The van der Waals surface area contributed by atoms with Gasteiger partial charge in [0.2, 0.25) is 0 Å². The molecule has 0 spiro atoms. The number of hydrogen-bond donors (Lipinski definition) is 0. The van der Waals surface area contributed by atoms with Crippen molar-refractivity contribution in [1.29, 1.82) is 5.26 Å². The maximum Gasteiger partial charge on any atom is 0.172 e. The fraction of sp³-hybridized carbons (Fsp3) is 0.364. The van der Waals surface area contributed by atoms with Crippen molar-refractivity contribution in [3.05, 3.63) is 65.6 Å². The number of hydrogen-bond acceptors (Lipinski definition) is 5. The third-order valence-corrected chi connectivity index (χ3v) is 6.22. The summed E-state index contributed by atoms with van der Waals surface area (Å²) in [6, 6.07) is 13.6. The van der Waals surface area contributed by atoms with Crippen molar-refractivity contribution < 1.29 is 4.79 Å². The lowest BCUT2D eigenvalue weighted by Crippen LogP contribution is -2.44. The monoisotopic (exact) mass is 371 g/mol. The molecule has 0 N–H and O–H groups in total. The second-order valence-corrected chi connectivity index (χ2v) is 7.86. The van der Waals surface area contributed by atoms with Crippen LogP contribution in [0.1, 0.15) is 47.2 Å². The molecule has 0 amide bonds. The van der Waals surface area contributed by atoms with Gasteiger partial charge < -0.3 is 0 Å². The zero-order chi connectivity index (χ0) is 19.1. The largest absolute Gasteiger partial charge is 0.294 e. The SMILES string of the molecule is N#Cc1cnn2cc(C(=O)C3CC4CCC(C3)N4Cc3ccccc3)cnc12. The number of rotatable bonds is 4. The Balaban J connectivity index is 1.33. The van der Waals surface area contributed by atoms with Crippen LogP contribution in [0.2, 0.25) is 0 Å². The van der Waals surface area contributed by atoms with Crippen molar-refractivity contribution in [2.75, 3.05) is 0 Å². The van der Waals surface area contributed by atoms with E-state index in [1.54, 1.807) is 12.4 Å². The molecule has 2 aliphatic rings. The van der Waals surface area contributed by atoms with Gasteiger partial charge in [-0.3, -0.25) is 9.69 Å². The highest BCUT2D eigenvalue weighted by Crippen LogP contribution is 2.40.